The van der Waals surface area contributed by atoms with Crippen molar-refractivity contribution in [2.75, 3.05) is 20.6 Å². The van der Waals surface area contributed by atoms with Crippen LogP contribution in [-0.2, 0) is 4.79 Å². The lowest BCUT2D eigenvalue weighted by molar-refractivity contribution is -0.115. The zero-order chi connectivity index (χ0) is 33.6. The fraction of sp³-hybridized carbons (Fsp3) is 0.750. The molecule has 266 valence electrons. The van der Waals surface area contributed by atoms with Gasteiger partial charge in [-0.2, -0.15) is 0 Å². The SMILES string of the molecule is CCCCCC=CCC=CCCCCCCCCC(CCCCCCCCC=CCC=CCCCCC)CC(=O)C=CCN(C)C. The highest BCUT2D eigenvalue weighted by Gasteiger charge is 2.12. The van der Waals surface area contributed by atoms with E-state index in [4.69, 9.17) is 0 Å². The lowest BCUT2D eigenvalue weighted by atomic mass is 9.90. The molecule has 0 aromatic carbocycles. The summed E-state index contributed by atoms with van der Waals surface area (Å²) in [7, 11) is 4.10. The van der Waals surface area contributed by atoms with Gasteiger partial charge in [0.25, 0.3) is 0 Å². The topological polar surface area (TPSA) is 20.3 Å². The standard InChI is InChI=1S/C44H79NO/c1-5-7-9-11-13-15-17-19-21-23-25-27-29-31-33-35-38-43(42-44(46)40-37-41-45(3)4)39-36-34-32-30-28-26-24-22-20-18-16-14-12-10-8-6-2/h13-16,19-22,37,40,43H,5-12,17-18,23-36,38-39,41-42H2,1-4H3. The summed E-state index contributed by atoms with van der Waals surface area (Å²) < 4.78 is 0. The van der Waals surface area contributed by atoms with E-state index >= 15 is 0 Å². The Hall–Kier alpha value is -1.67. The largest absolute Gasteiger partial charge is 0.306 e. The summed E-state index contributed by atoms with van der Waals surface area (Å²) in [5, 5.41) is 0. The van der Waals surface area contributed by atoms with Crippen LogP contribution >= 0.6 is 0 Å². The third-order valence-corrected chi connectivity index (χ3v) is 8.89. The average Bonchev–Trinajstić information content (AvgIpc) is 3.04. The van der Waals surface area contributed by atoms with Crippen molar-refractivity contribution < 1.29 is 4.79 Å². The lowest BCUT2D eigenvalue weighted by Crippen LogP contribution is -2.12. The molecule has 2 nitrogen and oxygen atoms in total. The minimum atomic E-state index is 0.326. The Morgan fingerprint density at radius 3 is 1.24 bits per heavy atom. The van der Waals surface area contributed by atoms with Crippen molar-refractivity contribution in [3.63, 3.8) is 0 Å². The second-order valence-electron chi connectivity index (χ2n) is 13.9. The fourth-order valence-electron chi connectivity index (χ4n) is 5.94. The lowest BCUT2D eigenvalue weighted by Gasteiger charge is -2.16. The van der Waals surface area contributed by atoms with Crippen molar-refractivity contribution in [3.05, 3.63) is 60.8 Å². The van der Waals surface area contributed by atoms with Gasteiger partial charge in [0, 0.05) is 13.0 Å². The van der Waals surface area contributed by atoms with Gasteiger partial charge in [-0.1, -0.05) is 171 Å². The first-order valence-corrected chi connectivity index (χ1v) is 20.0. The molecule has 0 amide bonds. The second kappa shape index (κ2) is 37.8. The second-order valence-corrected chi connectivity index (χ2v) is 13.9. The summed E-state index contributed by atoms with van der Waals surface area (Å²) in [6.07, 6.45) is 56.9. The highest BCUT2D eigenvalue weighted by molar-refractivity contribution is 5.89. The Morgan fingerprint density at radius 2 is 0.848 bits per heavy atom. The smallest absolute Gasteiger partial charge is 0.155 e. The molecule has 0 spiro atoms. The Balaban J connectivity index is 4.05. The van der Waals surface area contributed by atoms with E-state index in [1.54, 1.807) is 0 Å². The summed E-state index contributed by atoms with van der Waals surface area (Å²) in [5.41, 5.74) is 0. The van der Waals surface area contributed by atoms with Gasteiger partial charge in [0.2, 0.25) is 0 Å². The van der Waals surface area contributed by atoms with Crippen LogP contribution in [0.25, 0.3) is 0 Å². The van der Waals surface area contributed by atoms with E-state index in [2.05, 4.69) is 81.5 Å². The van der Waals surface area contributed by atoms with E-state index in [1.807, 2.05) is 12.2 Å². The number of unbranched alkanes of at least 4 members (excludes halogenated alkanes) is 18. The molecule has 46 heavy (non-hydrogen) atoms. The third-order valence-electron chi connectivity index (χ3n) is 8.89. The average molecular weight is 638 g/mol. The van der Waals surface area contributed by atoms with Crippen LogP contribution in [0.15, 0.2) is 60.8 Å². The highest BCUT2D eigenvalue weighted by Crippen LogP contribution is 2.23. The first-order chi connectivity index (χ1) is 22.6. The predicted octanol–water partition coefficient (Wildman–Crippen LogP) is 14.1. The summed E-state index contributed by atoms with van der Waals surface area (Å²) in [4.78, 5) is 14.8. The summed E-state index contributed by atoms with van der Waals surface area (Å²) in [6.45, 7) is 5.37. The maximum absolute atomic E-state index is 12.7. The molecule has 0 aliphatic heterocycles. The Labute approximate surface area is 289 Å². The van der Waals surface area contributed by atoms with Crippen LogP contribution in [0, 0.1) is 5.92 Å². The molecule has 0 atom stereocenters. The van der Waals surface area contributed by atoms with Gasteiger partial charge < -0.3 is 4.90 Å². The molecule has 0 aromatic heterocycles. The monoisotopic (exact) mass is 638 g/mol. The molecule has 0 heterocycles. The van der Waals surface area contributed by atoms with Crippen LogP contribution in [0.2, 0.25) is 0 Å². The Morgan fingerprint density at radius 1 is 0.478 bits per heavy atom. The van der Waals surface area contributed by atoms with Crippen LogP contribution in [0.1, 0.15) is 187 Å². The number of nitrogens with zero attached hydrogens (tertiary/aromatic N) is 1. The number of allylic oxidation sites excluding steroid dienone is 9. The number of hydrogen-bond donors (Lipinski definition) is 0. The molecular formula is C44H79NO. The predicted molar refractivity (Wildman–Crippen MR) is 209 cm³/mol. The number of hydrogen-bond acceptors (Lipinski definition) is 2. The van der Waals surface area contributed by atoms with E-state index in [1.165, 1.54) is 154 Å². The number of ketones is 1. The van der Waals surface area contributed by atoms with Gasteiger partial charge in [0.05, 0.1) is 0 Å². The normalized spacial score (nSPS) is 13.2. The van der Waals surface area contributed by atoms with Gasteiger partial charge in [0.15, 0.2) is 5.78 Å². The third kappa shape index (κ3) is 36.8. The van der Waals surface area contributed by atoms with Crippen LogP contribution in [0.5, 0.6) is 0 Å². The van der Waals surface area contributed by atoms with Gasteiger partial charge >= 0.3 is 0 Å². The van der Waals surface area contributed by atoms with Gasteiger partial charge in [-0.3, -0.25) is 4.79 Å². The van der Waals surface area contributed by atoms with Crippen LogP contribution in [0.4, 0.5) is 0 Å². The molecule has 0 rings (SSSR count). The molecule has 0 bridgehead atoms. The van der Waals surface area contributed by atoms with E-state index in [0.717, 1.165) is 25.8 Å². The minimum absolute atomic E-state index is 0.326. The fourth-order valence-corrected chi connectivity index (χ4v) is 5.94. The van der Waals surface area contributed by atoms with Crippen molar-refractivity contribution in [1.29, 1.82) is 0 Å². The molecule has 0 unspecified atom stereocenters. The van der Waals surface area contributed by atoms with Gasteiger partial charge in [0.1, 0.15) is 0 Å². The molecule has 0 N–H and O–H groups in total. The van der Waals surface area contributed by atoms with Crippen molar-refractivity contribution in [1.82, 2.24) is 4.90 Å². The molecule has 2 heteroatoms. The number of rotatable bonds is 35. The molecular weight excluding hydrogens is 558 g/mol. The van der Waals surface area contributed by atoms with E-state index in [0.29, 0.717) is 11.7 Å². The van der Waals surface area contributed by atoms with Gasteiger partial charge in [-0.05, 0) is 90.3 Å². The first-order valence-electron chi connectivity index (χ1n) is 20.0. The molecule has 0 radical (unpaired) electrons. The van der Waals surface area contributed by atoms with Crippen LogP contribution in [0.3, 0.4) is 0 Å². The summed E-state index contributed by atoms with van der Waals surface area (Å²) in [6, 6.07) is 0. The van der Waals surface area contributed by atoms with Crippen molar-refractivity contribution in [2.24, 2.45) is 5.92 Å². The summed E-state index contributed by atoms with van der Waals surface area (Å²) in [5.74, 6) is 0.889. The van der Waals surface area contributed by atoms with E-state index in [9.17, 15) is 4.79 Å². The maximum Gasteiger partial charge on any atom is 0.155 e. The molecule has 0 fully saturated rings. The van der Waals surface area contributed by atoms with Gasteiger partial charge in [-0.15, -0.1) is 0 Å². The molecule has 0 aliphatic carbocycles. The Kier molecular flexibility index (Phi) is 36.4. The summed E-state index contributed by atoms with van der Waals surface area (Å²) >= 11 is 0. The van der Waals surface area contributed by atoms with Crippen molar-refractivity contribution >= 4 is 5.78 Å². The number of carbonyl (C=O) groups is 1. The Bertz CT molecular complexity index is 723. The molecule has 0 aliphatic rings. The van der Waals surface area contributed by atoms with E-state index < -0.39 is 0 Å². The number of carbonyl (C=O) groups excluding carboxylic acids is 1. The minimum Gasteiger partial charge on any atom is -0.306 e. The highest BCUT2D eigenvalue weighted by atomic mass is 16.1. The van der Waals surface area contributed by atoms with Gasteiger partial charge in [-0.25, -0.2) is 0 Å². The van der Waals surface area contributed by atoms with Crippen LogP contribution in [-0.4, -0.2) is 31.3 Å². The quantitative estimate of drug-likeness (QED) is 0.0391. The zero-order valence-electron chi connectivity index (χ0n) is 31.5. The van der Waals surface area contributed by atoms with Crippen molar-refractivity contribution in [3.8, 4) is 0 Å². The maximum atomic E-state index is 12.7. The first kappa shape index (κ1) is 44.3. The molecule has 0 aromatic rings. The molecule has 0 saturated heterocycles. The van der Waals surface area contributed by atoms with E-state index in [-0.39, 0.29) is 0 Å². The zero-order valence-corrected chi connectivity index (χ0v) is 31.5. The van der Waals surface area contributed by atoms with Crippen LogP contribution < -0.4 is 0 Å². The molecule has 0 saturated carbocycles. The number of likely N-dealkylation sites (N-methyl/N-ethyl adjacent to an activating group) is 1. The van der Waals surface area contributed by atoms with Crippen molar-refractivity contribution in [2.45, 2.75) is 187 Å².